The Hall–Kier alpha value is -2.56. The Labute approximate surface area is 141 Å². The molecule has 0 saturated carbocycles. The normalized spacial score (nSPS) is 16.7. The van der Waals surface area contributed by atoms with Gasteiger partial charge in [0.2, 0.25) is 0 Å². The number of benzene rings is 1. The van der Waals surface area contributed by atoms with E-state index in [2.05, 4.69) is 0 Å². The highest BCUT2D eigenvalue weighted by Gasteiger charge is 2.19. The first-order valence-electron chi connectivity index (χ1n) is 7.93. The highest BCUT2D eigenvalue weighted by Crippen LogP contribution is 2.30. The van der Waals surface area contributed by atoms with Crippen LogP contribution in [0.25, 0.3) is 6.08 Å². The van der Waals surface area contributed by atoms with Gasteiger partial charge in [0, 0.05) is 18.9 Å². The Kier molecular flexibility index (Phi) is 6.18. The number of rotatable bonds is 1. The zero-order valence-electron chi connectivity index (χ0n) is 14.0. The quantitative estimate of drug-likeness (QED) is 0.628. The van der Waals surface area contributed by atoms with Gasteiger partial charge in [-0.1, -0.05) is 18.2 Å². The summed E-state index contributed by atoms with van der Waals surface area (Å²) in [5.74, 6) is -0.157. The van der Waals surface area contributed by atoms with Crippen LogP contribution < -0.4 is 4.74 Å². The summed E-state index contributed by atoms with van der Waals surface area (Å²) in [5.41, 5.74) is 1.45. The van der Waals surface area contributed by atoms with Crippen molar-refractivity contribution in [1.29, 1.82) is 0 Å². The van der Waals surface area contributed by atoms with Crippen molar-refractivity contribution >= 4 is 17.8 Å². The van der Waals surface area contributed by atoms with Crippen molar-refractivity contribution in [3.05, 3.63) is 41.0 Å². The molecule has 1 aromatic rings. The predicted molar refractivity (Wildman–Crippen MR) is 91.2 cm³/mol. The van der Waals surface area contributed by atoms with Crippen LogP contribution in [0, 0.1) is 0 Å². The number of ketones is 1. The first-order chi connectivity index (χ1) is 11.5. The van der Waals surface area contributed by atoms with Crippen molar-refractivity contribution in [2.75, 3.05) is 13.7 Å². The highest BCUT2D eigenvalue weighted by molar-refractivity contribution is 5.97. The average Bonchev–Trinajstić information content (AvgIpc) is 2.56. The van der Waals surface area contributed by atoms with Gasteiger partial charge in [-0.25, -0.2) is 4.79 Å². The summed E-state index contributed by atoms with van der Waals surface area (Å²) < 4.78 is 10.4. The summed E-state index contributed by atoms with van der Waals surface area (Å²) in [6.45, 7) is 1.89. The number of Topliss-reactive ketones (excluding diaryl/α,β-unsaturated/α-hetero) is 1. The van der Waals surface area contributed by atoms with Gasteiger partial charge in [0.1, 0.15) is 29.5 Å². The van der Waals surface area contributed by atoms with Crippen LogP contribution in [0.3, 0.4) is 0 Å². The van der Waals surface area contributed by atoms with Gasteiger partial charge in [0.25, 0.3) is 0 Å². The minimum atomic E-state index is -0.606. The van der Waals surface area contributed by atoms with Gasteiger partial charge in [0.05, 0.1) is 7.11 Å². The Bertz CT molecular complexity index is 685. The second-order valence-electron chi connectivity index (χ2n) is 5.77. The third-order valence-electron chi connectivity index (χ3n) is 3.79. The molecule has 0 bridgehead atoms. The molecule has 0 radical (unpaired) electrons. The van der Waals surface area contributed by atoms with Crippen LogP contribution in [-0.2, 0) is 9.53 Å². The molecule has 0 unspecified atom stereocenters. The molecule has 5 heteroatoms. The molecule has 0 spiro atoms. The van der Waals surface area contributed by atoms with Crippen molar-refractivity contribution in [3.8, 4) is 11.5 Å². The Morgan fingerprint density at radius 1 is 1.25 bits per heavy atom. The largest absolute Gasteiger partial charge is 0.507 e. The molecule has 24 heavy (non-hydrogen) atoms. The number of carbonyl (C=O) groups excluding carboxylic acids is 2. The molecule has 5 nitrogen and oxygen atoms in total. The lowest BCUT2D eigenvalue weighted by atomic mass is 10.0. The summed E-state index contributed by atoms with van der Waals surface area (Å²) in [5, 5.41) is 10.2. The molecule has 1 aliphatic rings. The summed E-state index contributed by atoms with van der Waals surface area (Å²) in [4.78, 5) is 24.1. The Balaban J connectivity index is 2.37. The zero-order chi connectivity index (χ0) is 17.5. The number of hydrogen-bond acceptors (Lipinski definition) is 5. The minimum absolute atomic E-state index is 0.0841. The molecular formula is C19H22O5. The molecule has 2 rings (SSSR count). The maximum Gasteiger partial charge on any atom is 0.342 e. The number of esters is 1. The number of fused-ring (bicyclic) bond motifs is 1. The third kappa shape index (κ3) is 4.72. The topological polar surface area (TPSA) is 72.8 Å². The average molecular weight is 330 g/mol. The van der Waals surface area contributed by atoms with E-state index >= 15 is 0 Å². The first kappa shape index (κ1) is 17.8. The molecule has 128 valence electrons. The first-order valence-corrected chi connectivity index (χ1v) is 7.93. The Morgan fingerprint density at radius 2 is 2.04 bits per heavy atom. The van der Waals surface area contributed by atoms with Crippen LogP contribution in [-0.4, -0.2) is 30.6 Å². The highest BCUT2D eigenvalue weighted by atomic mass is 16.5. The van der Waals surface area contributed by atoms with Crippen molar-refractivity contribution < 1.29 is 24.2 Å². The van der Waals surface area contributed by atoms with Crippen LogP contribution in [0.2, 0.25) is 0 Å². The predicted octanol–water partition coefficient (Wildman–Crippen LogP) is 3.66. The van der Waals surface area contributed by atoms with Crippen molar-refractivity contribution in [3.63, 3.8) is 0 Å². The lowest BCUT2D eigenvalue weighted by molar-refractivity contribution is -0.118. The van der Waals surface area contributed by atoms with E-state index in [0.29, 0.717) is 30.6 Å². The SMILES string of the molecule is COc1cc(O)c2c(c1)C=CCCCC(=O)CC=C(C)COC2=O. The second-order valence-corrected chi connectivity index (χ2v) is 5.77. The number of methoxy groups -OCH3 is 1. The van der Waals surface area contributed by atoms with E-state index in [1.54, 1.807) is 25.1 Å². The summed E-state index contributed by atoms with van der Waals surface area (Å²) in [6.07, 6.45) is 7.74. The number of phenolic OH excluding ortho intramolecular Hbond substituents is 1. The molecule has 0 aromatic heterocycles. The molecule has 0 fully saturated rings. The number of allylic oxidation sites excluding steroid dienone is 2. The zero-order valence-corrected chi connectivity index (χ0v) is 14.0. The maximum absolute atomic E-state index is 12.4. The summed E-state index contributed by atoms with van der Waals surface area (Å²) in [6, 6.07) is 3.06. The monoisotopic (exact) mass is 330 g/mol. The maximum atomic E-state index is 12.4. The van der Waals surface area contributed by atoms with Gasteiger partial charge in [-0.3, -0.25) is 4.79 Å². The molecule has 1 aliphatic heterocycles. The van der Waals surface area contributed by atoms with Gasteiger partial charge < -0.3 is 14.6 Å². The molecule has 1 aromatic carbocycles. The molecule has 1 N–H and O–H groups in total. The van der Waals surface area contributed by atoms with Crippen LogP contribution in [0.1, 0.15) is 48.5 Å². The number of cyclic esters (lactones) is 1. The molecule has 0 amide bonds. The fourth-order valence-corrected chi connectivity index (χ4v) is 2.42. The lowest BCUT2D eigenvalue weighted by Gasteiger charge is -2.12. The van der Waals surface area contributed by atoms with Crippen LogP contribution >= 0.6 is 0 Å². The molecule has 0 saturated heterocycles. The van der Waals surface area contributed by atoms with Crippen molar-refractivity contribution in [2.45, 2.75) is 32.6 Å². The van der Waals surface area contributed by atoms with Gasteiger partial charge in [-0.2, -0.15) is 0 Å². The van der Waals surface area contributed by atoms with Gasteiger partial charge in [-0.05, 0) is 37.0 Å². The fraction of sp³-hybridized carbons (Fsp3) is 0.368. The van der Waals surface area contributed by atoms with Crippen LogP contribution in [0.15, 0.2) is 29.9 Å². The summed E-state index contributed by atoms with van der Waals surface area (Å²) in [7, 11) is 1.49. The van der Waals surface area contributed by atoms with E-state index in [-0.39, 0.29) is 23.7 Å². The van der Waals surface area contributed by atoms with Gasteiger partial charge in [-0.15, -0.1) is 0 Å². The van der Waals surface area contributed by atoms with Crippen molar-refractivity contribution in [1.82, 2.24) is 0 Å². The fourth-order valence-electron chi connectivity index (χ4n) is 2.42. The molecule has 0 atom stereocenters. The number of aromatic hydroxyl groups is 1. The van der Waals surface area contributed by atoms with Gasteiger partial charge in [0.15, 0.2) is 0 Å². The van der Waals surface area contributed by atoms with E-state index in [1.807, 2.05) is 6.08 Å². The standard InChI is InChI=1S/C19H22O5/c1-13-8-9-15(20)7-5-3-4-6-14-10-16(23-2)11-17(21)18(14)19(22)24-12-13/h4,6,8,10-11,21H,3,5,7,9,12H2,1-2H3. The third-order valence-corrected chi connectivity index (χ3v) is 3.79. The van der Waals surface area contributed by atoms with E-state index in [4.69, 9.17) is 9.47 Å². The minimum Gasteiger partial charge on any atom is -0.507 e. The summed E-state index contributed by atoms with van der Waals surface area (Å²) >= 11 is 0. The van der Waals surface area contributed by atoms with E-state index in [0.717, 1.165) is 12.0 Å². The van der Waals surface area contributed by atoms with Crippen molar-refractivity contribution in [2.24, 2.45) is 0 Å². The number of carbonyl (C=O) groups is 2. The molecule has 1 heterocycles. The van der Waals surface area contributed by atoms with E-state index in [1.165, 1.54) is 13.2 Å². The number of ether oxygens (including phenoxy) is 2. The van der Waals surface area contributed by atoms with Crippen LogP contribution in [0.5, 0.6) is 11.5 Å². The van der Waals surface area contributed by atoms with E-state index < -0.39 is 5.97 Å². The van der Waals surface area contributed by atoms with Gasteiger partial charge >= 0.3 is 5.97 Å². The van der Waals surface area contributed by atoms with E-state index in [9.17, 15) is 14.7 Å². The smallest absolute Gasteiger partial charge is 0.342 e. The Morgan fingerprint density at radius 3 is 2.79 bits per heavy atom. The second kappa shape index (κ2) is 8.34. The molecular weight excluding hydrogens is 308 g/mol. The molecule has 0 aliphatic carbocycles. The van der Waals surface area contributed by atoms with Crippen LogP contribution in [0.4, 0.5) is 0 Å². The lowest BCUT2D eigenvalue weighted by Crippen LogP contribution is -2.10. The number of phenols is 1. The number of hydrogen-bond donors (Lipinski definition) is 1.